The van der Waals surface area contributed by atoms with Crippen molar-refractivity contribution in [3.63, 3.8) is 0 Å². The highest BCUT2D eigenvalue weighted by atomic mass is 79.9. The molecule has 24 rings (SSSR count). The van der Waals surface area contributed by atoms with Gasteiger partial charge in [-0.25, -0.2) is 0 Å². The molecular formula is C106H67BrN2. The van der Waals surface area contributed by atoms with E-state index < -0.39 is 5.41 Å². The van der Waals surface area contributed by atoms with Crippen LogP contribution in [-0.4, -0.2) is 0 Å². The van der Waals surface area contributed by atoms with Gasteiger partial charge in [0.2, 0.25) is 0 Å². The van der Waals surface area contributed by atoms with Crippen molar-refractivity contribution < 1.29 is 0 Å². The van der Waals surface area contributed by atoms with E-state index in [1.807, 2.05) is 24.3 Å². The molecule has 2 nitrogen and oxygen atoms in total. The lowest BCUT2D eigenvalue weighted by Gasteiger charge is -2.32. The Morgan fingerprint density at radius 2 is 0.532 bits per heavy atom. The van der Waals surface area contributed by atoms with Crippen LogP contribution in [0, 0.1) is 0 Å². The molecule has 508 valence electrons. The van der Waals surface area contributed by atoms with Crippen molar-refractivity contribution in [2.45, 2.75) is 10.8 Å². The Hall–Kier alpha value is -13.4. The first-order valence-corrected chi connectivity index (χ1v) is 38.5. The number of benzene rings is 18. The van der Waals surface area contributed by atoms with Crippen LogP contribution >= 0.6 is 15.9 Å². The third kappa shape index (κ3) is 9.34. The molecule has 2 atom stereocenters. The Kier molecular flexibility index (Phi) is 14.3. The fraction of sp³-hybridized carbons (Fsp3) is 0.0189. The van der Waals surface area contributed by atoms with E-state index in [1.54, 1.807) is 0 Å². The molecular weight excluding hydrogens is 1380 g/mol. The number of fused-ring (bicyclic) bond motifs is 28. The summed E-state index contributed by atoms with van der Waals surface area (Å²) in [5, 5.41) is 8.85. The second-order valence-corrected chi connectivity index (χ2v) is 30.3. The third-order valence-corrected chi connectivity index (χ3v) is 24.4. The third-order valence-electron chi connectivity index (χ3n) is 23.9. The molecule has 0 radical (unpaired) electrons. The van der Waals surface area contributed by atoms with E-state index in [0.717, 1.165) is 32.9 Å². The lowest BCUT2D eigenvalue weighted by Crippen LogP contribution is -2.26. The van der Waals surface area contributed by atoms with Gasteiger partial charge in [0.15, 0.2) is 0 Å². The number of nitrogens with one attached hydrogen (secondary N) is 1. The van der Waals surface area contributed by atoms with Gasteiger partial charge in [-0.1, -0.05) is 331 Å². The van der Waals surface area contributed by atoms with Gasteiger partial charge in [0.25, 0.3) is 0 Å². The molecule has 0 fully saturated rings. The Morgan fingerprint density at radius 3 is 1.02 bits per heavy atom. The highest BCUT2D eigenvalue weighted by molar-refractivity contribution is 9.10. The lowest BCUT2D eigenvalue weighted by atomic mass is 9.70. The monoisotopic (exact) mass is 1450 g/mol. The standard InChI is InChI=1S/C53H33N.C35H19Br.C18H15N/c1-3-14-34(15-4-1)35-26-28-37(29-27-35)54(36-16-5-2-6-17-36)38-30-31-42-41-20-9-11-24-47(41)53(49(42)32-38)48-25-12-10-21-44(48)52-45-23-13-22-43-39-18-7-8-19-40(39)46(51(43)45)33-50(52)53;36-20-16-17-24-23-10-3-5-14-29(23)35(31(24)18-20)30-15-6-4-11-26(30)34-27-13-7-12-25-21-8-1-2-9-22(21)28(33(25)27)19-32(34)35;1-3-7-15(8-4-1)16-11-13-18(14-12-16)19-17-9-5-2-6-10-17/h1-33H;1-19H;1-14,19H. The average Bonchev–Trinajstić information content (AvgIpc) is 1.50. The number of halogens is 1. The van der Waals surface area contributed by atoms with E-state index in [0.29, 0.717) is 0 Å². The maximum atomic E-state index is 3.82. The van der Waals surface area contributed by atoms with Crippen molar-refractivity contribution >= 4 is 65.9 Å². The van der Waals surface area contributed by atoms with Gasteiger partial charge in [0.1, 0.15) is 0 Å². The van der Waals surface area contributed by atoms with Gasteiger partial charge in [0.05, 0.1) is 10.8 Å². The first kappa shape index (κ1) is 62.9. The molecule has 0 heterocycles. The molecule has 0 aliphatic heterocycles. The normalized spacial score (nSPS) is 14.9. The molecule has 2 unspecified atom stereocenters. The first-order valence-electron chi connectivity index (χ1n) is 37.7. The van der Waals surface area contributed by atoms with Gasteiger partial charge >= 0.3 is 0 Å². The number of hydrogen-bond acceptors (Lipinski definition) is 2. The summed E-state index contributed by atoms with van der Waals surface area (Å²) in [6.07, 6.45) is 0. The summed E-state index contributed by atoms with van der Waals surface area (Å²) in [6.45, 7) is 0. The topological polar surface area (TPSA) is 15.3 Å². The Bertz CT molecular complexity index is 6740. The van der Waals surface area contributed by atoms with Crippen LogP contribution in [0.15, 0.2) is 405 Å². The molecule has 6 aliphatic rings. The van der Waals surface area contributed by atoms with Gasteiger partial charge in [-0.2, -0.15) is 0 Å². The van der Waals surface area contributed by atoms with E-state index in [2.05, 4.69) is 402 Å². The fourth-order valence-corrected chi connectivity index (χ4v) is 20.0. The molecule has 6 aliphatic carbocycles. The second kappa shape index (κ2) is 24.8. The Morgan fingerprint density at radius 1 is 0.202 bits per heavy atom. The minimum absolute atomic E-state index is 0.333. The molecule has 0 saturated carbocycles. The van der Waals surface area contributed by atoms with Crippen LogP contribution in [0.2, 0.25) is 0 Å². The summed E-state index contributed by atoms with van der Waals surface area (Å²) >= 11 is 3.82. The van der Waals surface area contributed by atoms with Gasteiger partial charge in [-0.15, -0.1) is 0 Å². The maximum Gasteiger partial charge on any atom is 0.0726 e. The van der Waals surface area contributed by atoms with Gasteiger partial charge in [0, 0.05) is 32.9 Å². The average molecular weight is 1450 g/mol. The molecule has 109 heavy (non-hydrogen) atoms. The van der Waals surface area contributed by atoms with Crippen LogP contribution in [0.4, 0.5) is 28.4 Å². The van der Waals surface area contributed by atoms with E-state index in [9.17, 15) is 0 Å². The van der Waals surface area contributed by atoms with Crippen LogP contribution < -0.4 is 10.2 Å². The molecule has 0 amide bonds. The summed E-state index contributed by atoms with van der Waals surface area (Å²) in [6, 6.07) is 147. The van der Waals surface area contributed by atoms with Gasteiger partial charge in [-0.05, 0) is 262 Å². The highest BCUT2D eigenvalue weighted by Gasteiger charge is 2.55. The molecule has 18 aromatic carbocycles. The lowest BCUT2D eigenvalue weighted by molar-refractivity contribution is 0.794. The summed E-state index contributed by atoms with van der Waals surface area (Å²) in [4.78, 5) is 2.41. The quantitative estimate of drug-likeness (QED) is 0.171. The van der Waals surface area contributed by atoms with Crippen molar-refractivity contribution in [2.24, 2.45) is 0 Å². The van der Waals surface area contributed by atoms with Crippen LogP contribution in [-0.2, 0) is 10.8 Å². The molecule has 0 aromatic heterocycles. The van der Waals surface area contributed by atoms with E-state index in [4.69, 9.17) is 0 Å². The molecule has 2 spiro atoms. The SMILES string of the molecule is Brc1ccc2c(c1)C1(c3ccccc3-2)c2ccccc2-c2c1cc1c3c(cccc23)-c2ccccc2-1.c1ccc(-c2ccc(N(c3ccccc3)c3ccc4c(c3)C3(c5ccccc5-4)c4ccccc4-c4c3cc3c5c(cccc45)-c4ccccc4-3)cc2)cc1.c1ccc(Nc2ccc(-c3ccccc3)cc2)cc1. The fourth-order valence-electron chi connectivity index (χ4n) is 19.6. The maximum absolute atomic E-state index is 3.82. The van der Waals surface area contributed by atoms with Crippen LogP contribution in [0.25, 0.3) is 133 Å². The molecule has 3 heteroatoms. The van der Waals surface area contributed by atoms with Crippen LogP contribution in [0.5, 0.6) is 0 Å². The summed E-state index contributed by atoms with van der Waals surface area (Å²) in [5.74, 6) is 0. The molecule has 18 aromatic rings. The van der Waals surface area contributed by atoms with E-state index in [-0.39, 0.29) is 5.41 Å². The van der Waals surface area contributed by atoms with Crippen LogP contribution in [0.3, 0.4) is 0 Å². The largest absolute Gasteiger partial charge is 0.356 e. The number of rotatable bonds is 7. The smallest absolute Gasteiger partial charge is 0.0726 e. The van der Waals surface area contributed by atoms with Gasteiger partial charge in [-0.3, -0.25) is 0 Å². The minimum Gasteiger partial charge on any atom is -0.356 e. The summed E-state index contributed by atoms with van der Waals surface area (Å²) in [5.41, 5.74) is 42.2. The van der Waals surface area contributed by atoms with Crippen LogP contribution in [0.1, 0.15) is 44.5 Å². The zero-order valence-corrected chi connectivity index (χ0v) is 61.0. The van der Waals surface area contributed by atoms with Gasteiger partial charge < -0.3 is 10.2 Å². The minimum atomic E-state index is -0.481. The zero-order valence-electron chi connectivity index (χ0n) is 59.4. The Balaban J connectivity index is 0.000000114. The number of hydrogen-bond donors (Lipinski definition) is 1. The number of anilines is 5. The molecule has 0 bridgehead atoms. The zero-order chi connectivity index (χ0) is 71.9. The molecule has 1 N–H and O–H groups in total. The second-order valence-electron chi connectivity index (χ2n) is 29.4. The highest BCUT2D eigenvalue weighted by Crippen LogP contribution is 2.68. The van der Waals surface area contributed by atoms with E-state index >= 15 is 0 Å². The predicted octanol–water partition coefficient (Wildman–Crippen LogP) is 28.7. The number of para-hydroxylation sites is 2. The van der Waals surface area contributed by atoms with Crippen molar-refractivity contribution in [1.82, 2.24) is 0 Å². The van der Waals surface area contributed by atoms with E-state index in [1.165, 1.54) is 177 Å². The van der Waals surface area contributed by atoms with Crippen molar-refractivity contribution in [1.29, 1.82) is 0 Å². The predicted molar refractivity (Wildman–Crippen MR) is 459 cm³/mol. The summed E-state index contributed by atoms with van der Waals surface area (Å²) < 4.78 is 1.12. The van der Waals surface area contributed by atoms with Crippen molar-refractivity contribution in [3.05, 3.63) is 449 Å². The summed E-state index contributed by atoms with van der Waals surface area (Å²) in [7, 11) is 0. The first-order chi connectivity index (χ1) is 54.0. The number of nitrogens with zero attached hydrogens (tertiary/aromatic N) is 1. The van der Waals surface area contributed by atoms with Crippen molar-refractivity contribution in [3.8, 4) is 111 Å². The Labute approximate surface area is 643 Å². The van der Waals surface area contributed by atoms with Crippen molar-refractivity contribution in [2.75, 3.05) is 10.2 Å². The molecule has 0 saturated heterocycles.